The fourth-order valence-corrected chi connectivity index (χ4v) is 3.44. The molecule has 0 bridgehead atoms. The number of nitrogens with zero attached hydrogens (tertiary/aromatic N) is 3. The minimum absolute atomic E-state index is 0.302. The lowest BCUT2D eigenvalue weighted by Gasteiger charge is -2.46. The van der Waals surface area contributed by atoms with Gasteiger partial charge in [-0.15, -0.1) is 0 Å². The highest BCUT2D eigenvalue weighted by atomic mass is 15.3. The lowest BCUT2D eigenvalue weighted by Crippen LogP contribution is -2.60. The predicted molar refractivity (Wildman–Crippen MR) is 81.4 cm³/mol. The van der Waals surface area contributed by atoms with E-state index in [4.69, 9.17) is 0 Å². The van der Waals surface area contributed by atoms with Crippen molar-refractivity contribution in [2.24, 2.45) is 18.4 Å². The highest BCUT2D eigenvalue weighted by Gasteiger charge is 2.40. The largest absolute Gasteiger partial charge is 0.311 e. The van der Waals surface area contributed by atoms with Gasteiger partial charge in [-0.05, 0) is 30.2 Å². The average Bonchev–Trinajstić information content (AvgIpc) is 3.13. The monoisotopic (exact) mass is 276 g/mol. The summed E-state index contributed by atoms with van der Waals surface area (Å²) in [6.07, 6.45) is 4.87. The molecule has 3 rings (SSSR count). The van der Waals surface area contributed by atoms with E-state index in [0.29, 0.717) is 17.5 Å². The first-order valence-electron chi connectivity index (χ1n) is 7.89. The number of hydrogen-bond acceptors (Lipinski definition) is 3. The number of hydrogen-bond donors (Lipinski definition) is 1. The van der Waals surface area contributed by atoms with Crippen LogP contribution < -0.4 is 5.32 Å². The van der Waals surface area contributed by atoms with Crippen molar-refractivity contribution in [2.45, 2.75) is 52.2 Å². The van der Waals surface area contributed by atoms with Gasteiger partial charge < -0.3 is 5.32 Å². The van der Waals surface area contributed by atoms with Crippen LogP contribution in [-0.2, 0) is 13.6 Å². The van der Waals surface area contributed by atoms with Crippen molar-refractivity contribution in [2.75, 3.05) is 13.1 Å². The standard InChI is InChI=1S/C16H28N4/c1-16(2,3)15-9-17-14(12-5-6-12)11-20(15)10-13-7-8-19(4)18-13/h7-8,12,14-15,17H,5-6,9-11H2,1-4H3. The number of aryl methyl sites for hydroxylation is 1. The maximum absolute atomic E-state index is 4.56. The van der Waals surface area contributed by atoms with Crippen molar-refractivity contribution >= 4 is 0 Å². The topological polar surface area (TPSA) is 33.1 Å². The van der Waals surface area contributed by atoms with Gasteiger partial charge in [0.1, 0.15) is 0 Å². The summed E-state index contributed by atoms with van der Waals surface area (Å²) in [5.74, 6) is 0.919. The minimum atomic E-state index is 0.302. The van der Waals surface area contributed by atoms with Gasteiger partial charge in [-0.25, -0.2) is 0 Å². The van der Waals surface area contributed by atoms with Gasteiger partial charge in [0.25, 0.3) is 0 Å². The molecule has 1 saturated carbocycles. The molecule has 1 aliphatic carbocycles. The van der Waals surface area contributed by atoms with E-state index in [1.165, 1.54) is 25.1 Å². The third-order valence-corrected chi connectivity index (χ3v) is 4.77. The Balaban J connectivity index is 1.73. The summed E-state index contributed by atoms with van der Waals surface area (Å²) >= 11 is 0. The molecule has 1 saturated heterocycles. The molecule has 0 spiro atoms. The molecule has 2 atom stereocenters. The van der Waals surface area contributed by atoms with Crippen molar-refractivity contribution in [3.63, 3.8) is 0 Å². The molecule has 2 aliphatic rings. The highest BCUT2D eigenvalue weighted by Crippen LogP contribution is 2.36. The van der Waals surface area contributed by atoms with E-state index in [1.807, 2.05) is 17.9 Å². The summed E-state index contributed by atoms with van der Waals surface area (Å²) in [6, 6.07) is 3.42. The molecule has 112 valence electrons. The van der Waals surface area contributed by atoms with Gasteiger partial charge in [0.05, 0.1) is 5.69 Å². The number of nitrogens with one attached hydrogen (secondary N) is 1. The summed E-state index contributed by atoms with van der Waals surface area (Å²) in [7, 11) is 2.00. The minimum Gasteiger partial charge on any atom is -0.311 e. The molecule has 20 heavy (non-hydrogen) atoms. The van der Waals surface area contributed by atoms with E-state index in [1.54, 1.807) is 0 Å². The van der Waals surface area contributed by atoms with Crippen molar-refractivity contribution in [1.82, 2.24) is 20.0 Å². The van der Waals surface area contributed by atoms with Gasteiger partial charge in [-0.1, -0.05) is 20.8 Å². The van der Waals surface area contributed by atoms with Crippen molar-refractivity contribution < 1.29 is 0 Å². The van der Waals surface area contributed by atoms with Crippen molar-refractivity contribution in [3.05, 3.63) is 18.0 Å². The van der Waals surface area contributed by atoms with Crippen LogP contribution >= 0.6 is 0 Å². The van der Waals surface area contributed by atoms with Crippen molar-refractivity contribution in [1.29, 1.82) is 0 Å². The molecule has 0 amide bonds. The van der Waals surface area contributed by atoms with Gasteiger partial charge in [-0.3, -0.25) is 9.58 Å². The lowest BCUT2D eigenvalue weighted by molar-refractivity contribution is 0.0439. The van der Waals surface area contributed by atoms with E-state index in [9.17, 15) is 0 Å². The van der Waals surface area contributed by atoms with Crippen LogP contribution in [-0.4, -0.2) is 39.9 Å². The summed E-state index contributed by atoms with van der Waals surface area (Å²) < 4.78 is 1.90. The Bertz CT molecular complexity index is 455. The van der Waals surface area contributed by atoms with Crippen LogP contribution in [0.15, 0.2) is 12.3 Å². The Labute approximate surface area is 122 Å². The molecule has 2 heterocycles. The van der Waals surface area contributed by atoms with Crippen LogP contribution in [0.2, 0.25) is 0 Å². The van der Waals surface area contributed by atoms with E-state index in [0.717, 1.165) is 19.0 Å². The summed E-state index contributed by atoms with van der Waals surface area (Å²) in [6.45, 7) is 10.3. The molecule has 2 fully saturated rings. The Morgan fingerprint density at radius 3 is 2.65 bits per heavy atom. The van der Waals surface area contributed by atoms with Gasteiger partial charge in [-0.2, -0.15) is 5.10 Å². The second-order valence-electron chi connectivity index (χ2n) is 7.64. The van der Waals surface area contributed by atoms with Gasteiger partial charge >= 0.3 is 0 Å². The molecule has 4 nitrogen and oxygen atoms in total. The Hall–Kier alpha value is -0.870. The van der Waals surface area contributed by atoms with Crippen LogP contribution in [0.3, 0.4) is 0 Å². The molecule has 1 aromatic rings. The summed E-state index contributed by atoms with van der Waals surface area (Å²) in [5, 5.41) is 8.35. The van der Waals surface area contributed by atoms with Gasteiger partial charge in [0.2, 0.25) is 0 Å². The average molecular weight is 276 g/mol. The zero-order valence-corrected chi connectivity index (χ0v) is 13.3. The Morgan fingerprint density at radius 1 is 1.35 bits per heavy atom. The van der Waals surface area contributed by atoms with Crippen LogP contribution in [0, 0.1) is 11.3 Å². The molecule has 2 unspecified atom stereocenters. The van der Waals surface area contributed by atoms with Gasteiger partial charge in [0.15, 0.2) is 0 Å². The van der Waals surface area contributed by atoms with E-state index in [-0.39, 0.29) is 0 Å². The highest BCUT2D eigenvalue weighted by molar-refractivity contribution is 5.03. The van der Waals surface area contributed by atoms with E-state index in [2.05, 4.69) is 42.2 Å². The normalized spacial score (nSPS) is 28.8. The number of aromatic nitrogens is 2. The van der Waals surface area contributed by atoms with Crippen LogP contribution in [0.25, 0.3) is 0 Å². The maximum atomic E-state index is 4.56. The number of piperazine rings is 1. The van der Waals surface area contributed by atoms with Crippen LogP contribution in [0.4, 0.5) is 0 Å². The molecule has 1 aromatic heterocycles. The zero-order valence-electron chi connectivity index (χ0n) is 13.3. The third kappa shape index (κ3) is 3.07. The molecular formula is C16H28N4. The molecular weight excluding hydrogens is 248 g/mol. The Morgan fingerprint density at radius 2 is 2.10 bits per heavy atom. The van der Waals surface area contributed by atoms with Gasteiger partial charge in [0, 0.05) is 45.0 Å². The zero-order chi connectivity index (χ0) is 14.3. The maximum Gasteiger partial charge on any atom is 0.0764 e. The fourth-order valence-electron chi connectivity index (χ4n) is 3.44. The van der Waals surface area contributed by atoms with E-state index < -0.39 is 0 Å². The molecule has 4 heteroatoms. The second-order valence-corrected chi connectivity index (χ2v) is 7.64. The van der Waals surface area contributed by atoms with Crippen LogP contribution in [0.1, 0.15) is 39.3 Å². The first-order valence-corrected chi connectivity index (χ1v) is 7.89. The summed E-state index contributed by atoms with van der Waals surface area (Å²) in [4.78, 5) is 2.65. The molecule has 1 N–H and O–H groups in total. The quantitative estimate of drug-likeness (QED) is 0.917. The second kappa shape index (κ2) is 5.15. The van der Waals surface area contributed by atoms with Crippen molar-refractivity contribution in [3.8, 4) is 0 Å². The first-order chi connectivity index (χ1) is 9.43. The molecule has 0 aromatic carbocycles. The van der Waals surface area contributed by atoms with E-state index >= 15 is 0 Å². The fraction of sp³-hybridized carbons (Fsp3) is 0.812. The smallest absolute Gasteiger partial charge is 0.0764 e. The predicted octanol–water partition coefficient (Wildman–Crippen LogP) is 2.02. The number of rotatable bonds is 3. The Kier molecular flexibility index (Phi) is 3.63. The lowest BCUT2D eigenvalue weighted by atomic mass is 9.83. The SMILES string of the molecule is Cn1ccc(CN2CC(C3CC3)NCC2C(C)(C)C)n1. The summed E-state index contributed by atoms with van der Waals surface area (Å²) in [5.41, 5.74) is 1.49. The first kappa shape index (κ1) is 14.1. The molecule has 1 aliphatic heterocycles. The third-order valence-electron chi connectivity index (χ3n) is 4.77. The van der Waals surface area contributed by atoms with Crippen LogP contribution in [0.5, 0.6) is 0 Å². The molecule has 0 radical (unpaired) electrons.